The molecule has 0 aliphatic heterocycles. The third-order valence-corrected chi connectivity index (χ3v) is 9.57. The number of hydrogen-bond acceptors (Lipinski definition) is 5. The minimum atomic E-state index is -2.74. The SMILES string of the molecule is CCCCCCCCCCCCCCCCCCOCCCCCCCCCCCCCCCCCC.O=C(O)CC(O)(CC(=O)O)C(=O)O. The average molecular weight is 715 g/mol. The zero-order valence-electron chi connectivity index (χ0n) is 32.9. The van der Waals surface area contributed by atoms with Gasteiger partial charge in [-0.05, 0) is 12.8 Å². The molecule has 0 aliphatic carbocycles. The van der Waals surface area contributed by atoms with Crippen LogP contribution in [0.4, 0.5) is 0 Å². The van der Waals surface area contributed by atoms with Gasteiger partial charge >= 0.3 is 17.9 Å². The molecular weight excluding hydrogens is 632 g/mol. The number of aliphatic carboxylic acids is 3. The smallest absolute Gasteiger partial charge is 0.336 e. The molecule has 8 nitrogen and oxygen atoms in total. The van der Waals surface area contributed by atoms with Crippen LogP contribution in [0, 0.1) is 0 Å². The summed E-state index contributed by atoms with van der Waals surface area (Å²) in [6, 6.07) is 0. The van der Waals surface area contributed by atoms with Crippen LogP contribution in [-0.4, -0.2) is 57.1 Å². The molecule has 0 saturated carbocycles. The van der Waals surface area contributed by atoms with E-state index in [1.165, 1.54) is 205 Å². The first-order valence-corrected chi connectivity index (χ1v) is 21.2. The van der Waals surface area contributed by atoms with E-state index in [-0.39, 0.29) is 0 Å². The van der Waals surface area contributed by atoms with E-state index < -0.39 is 36.4 Å². The number of rotatable bonds is 39. The lowest BCUT2D eigenvalue weighted by molar-refractivity contribution is -0.170. The molecule has 8 heteroatoms. The van der Waals surface area contributed by atoms with Gasteiger partial charge in [-0.25, -0.2) is 4.79 Å². The van der Waals surface area contributed by atoms with Crippen LogP contribution in [0.5, 0.6) is 0 Å². The van der Waals surface area contributed by atoms with Gasteiger partial charge in [0.05, 0.1) is 12.8 Å². The second-order valence-electron chi connectivity index (χ2n) is 14.7. The van der Waals surface area contributed by atoms with Crippen molar-refractivity contribution >= 4 is 17.9 Å². The molecule has 0 aromatic rings. The summed E-state index contributed by atoms with van der Waals surface area (Å²) in [6.45, 7) is 6.60. The molecule has 0 atom stereocenters. The molecule has 50 heavy (non-hydrogen) atoms. The van der Waals surface area contributed by atoms with E-state index >= 15 is 0 Å². The normalized spacial score (nSPS) is 11.3. The van der Waals surface area contributed by atoms with Gasteiger partial charge in [0, 0.05) is 13.2 Å². The molecule has 0 aromatic heterocycles. The van der Waals surface area contributed by atoms with Gasteiger partial charge in [-0.2, -0.15) is 0 Å². The van der Waals surface area contributed by atoms with Crippen molar-refractivity contribution in [2.45, 2.75) is 238 Å². The van der Waals surface area contributed by atoms with E-state index in [1.807, 2.05) is 0 Å². The van der Waals surface area contributed by atoms with Crippen molar-refractivity contribution in [1.29, 1.82) is 0 Å². The standard InChI is InChI=1S/C36H74O.C6H8O7/c1-3-5-7-9-11-13-15-17-19-21-23-25-27-29-31-33-35-37-36-34-32-30-28-26-24-22-20-18-16-14-12-10-8-6-4-2;7-3(8)1-6(13,5(11)12)2-4(9)10/h3-36H2,1-2H3;13H,1-2H2,(H,7,8)(H,9,10)(H,11,12). The molecule has 0 fully saturated rings. The monoisotopic (exact) mass is 715 g/mol. The van der Waals surface area contributed by atoms with E-state index in [0.717, 1.165) is 13.2 Å². The van der Waals surface area contributed by atoms with Gasteiger partial charge in [0.15, 0.2) is 5.60 Å². The topological polar surface area (TPSA) is 141 Å². The zero-order chi connectivity index (χ0) is 37.4. The molecule has 298 valence electrons. The lowest BCUT2D eigenvalue weighted by Crippen LogP contribution is -2.42. The summed E-state index contributed by atoms with van der Waals surface area (Å²) in [5.74, 6) is -5.02. The highest BCUT2D eigenvalue weighted by molar-refractivity contribution is 5.88. The van der Waals surface area contributed by atoms with Gasteiger partial charge in [-0.15, -0.1) is 0 Å². The average Bonchev–Trinajstić information content (AvgIpc) is 3.06. The molecule has 0 saturated heterocycles. The number of unbranched alkanes of at least 4 members (excludes halogenated alkanes) is 30. The van der Waals surface area contributed by atoms with Crippen molar-refractivity contribution in [3.05, 3.63) is 0 Å². The van der Waals surface area contributed by atoms with Crippen LogP contribution in [0.25, 0.3) is 0 Å². The maximum absolute atomic E-state index is 10.3. The maximum atomic E-state index is 10.3. The zero-order valence-corrected chi connectivity index (χ0v) is 32.9. The van der Waals surface area contributed by atoms with Crippen molar-refractivity contribution < 1.29 is 39.5 Å². The maximum Gasteiger partial charge on any atom is 0.336 e. The molecule has 0 bridgehead atoms. The Balaban J connectivity index is 0. The van der Waals surface area contributed by atoms with E-state index in [4.69, 9.17) is 25.2 Å². The van der Waals surface area contributed by atoms with Gasteiger partial charge in [-0.3, -0.25) is 9.59 Å². The number of carbonyl (C=O) groups is 3. The minimum absolute atomic E-state index is 0.997. The number of aliphatic hydroxyl groups is 1. The Morgan fingerprint density at radius 2 is 0.580 bits per heavy atom. The Labute approximate surface area is 307 Å². The molecular formula is C42H82O8. The fourth-order valence-corrected chi connectivity index (χ4v) is 6.32. The Morgan fingerprint density at radius 3 is 0.760 bits per heavy atom. The highest BCUT2D eigenvalue weighted by atomic mass is 16.5. The Morgan fingerprint density at radius 1 is 0.380 bits per heavy atom. The Hall–Kier alpha value is -1.67. The van der Waals surface area contributed by atoms with Gasteiger partial charge in [0.2, 0.25) is 0 Å². The quantitative estimate of drug-likeness (QED) is 0.0461. The van der Waals surface area contributed by atoms with E-state index in [9.17, 15) is 14.4 Å². The summed E-state index contributed by atoms with van der Waals surface area (Å²) in [4.78, 5) is 30.5. The lowest BCUT2D eigenvalue weighted by Gasteiger charge is -2.18. The van der Waals surface area contributed by atoms with E-state index in [2.05, 4.69) is 13.8 Å². The first-order chi connectivity index (χ1) is 24.2. The largest absolute Gasteiger partial charge is 0.481 e. The lowest BCUT2D eigenvalue weighted by atomic mass is 9.96. The third-order valence-electron chi connectivity index (χ3n) is 9.57. The van der Waals surface area contributed by atoms with Crippen molar-refractivity contribution in [3.63, 3.8) is 0 Å². The second kappa shape index (κ2) is 40.1. The predicted molar refractivity (Wildman–Crippen MR) is 207 cm³/mol. The summed E-state index contributed by atoms with van der Waals surface area (Å²) < 4.78 is 5.87. The molecule has 0 aromatic carbocycles. The van der Waals surface area contributed by atoms with Crippen molar-refractivity contribution in [2.75, 3.05) is 13.2 Å². The predicted octanol–water partition coefficient (Wildman–Crippen LogP) is 12.3. The molecule has 0 aliphatic rings. The Kier molecular flexibility index (Phi) is 40.5. The van der Waals surface area contributed by atoms with Crippen molar-refractivity contribution in [1.82, 2.24) is 0 Å². The number of ether oxygens (including phenoxy) is 1. The van der Waals surface area contributed by atoms with Gasteiger partial charge in [-0.1, -0.05) is 206 Å². The number of carboxylic acid groups (broad SMARTS) is 3. The van der Waals surface area contributed by atoms with E-state index in [1.54, 1.807) is 0 Å². The summed E-state index contributed by atoms with van der Waals surface area (Å²) in [6.07, 6.45) is 43.7. The summed E-state index contributed by atoms with van der Waals surface area (Å²) in [5.41, 5.74) is -2.74. The summed E-state index contributed by atoms with van der Waals surface area (Å²) in [7, 11) is 0. The molecule has 0 rings (SSSR count). The van der Waals surface area contributed by atoms with Crippen LogP contribution in [0.15, 0.2) is 0 Å². The highest BCUT2D eigenvalue weighted by Crippen LogP contribution is 2.17. The first-order valence-electron chi connectivity index (χ1n) is 21.2. The molecule has 0 heterocycles. The van der Waals surface area contributed by atoms with Crippen LogP contribution < -0.4 is 0 Å². The molecule has 0 amide bonds. The Bertz CT molecular complexity index is 691. The molecule has 0 unspecified atom stereocenters. The van der Waals surface area contributed by atoms with Gasteiger partial charge in [0.1, 0.15) is 0 Å². The second-order valence-corrected chi connectivity index (χ2v) is 14.7. The van der Waals surface area contributed by atoms with Gasteiger partial charge < -0.3 is 25.2 Å². The third kappa shape index (κ3) is 40.8. The molecule has 0 spiro atoms. The van der Waals surface area contributed by atoms with Crippen molar-refractivity contribution in [3.8, 4) is 0 Å². The van der Waals surface area contributed by atoms with Crippen LogP contribution in [-0.2, 0) is 19.1 Å². The summed E-state index contributed by atoms with van der Waals surface area (Å²) in [5, 5.41) is 33.8. The minimum Gasteiger partial charge on any atom is -0.481 e. The summed E-state index contributed by atoms with van der Waals surface area (Å²) >= 11 is 0. The fourth-order valence-electron chi connectivity index (χ4n) is 6.32. The van der Waals surface area contributed by atoms with Crippen LogP contribution in [0.3, 0.4) is 0 Å². The number of carboxylic acids is 3. The number of hydrogen-bond donors (Lipinski definition) is 4. The van der Waals surface area contributed by atoms with E-state index in [0.29, 0.717) is 0 Å². The van der Waals surface area contributed by atoms with Crippen LogP contribution in [0.2, 0.25) is 0 Å². The highest BCUT2D eigenvalue weighted by Gasteiger charge is 2.40. The first kappa shape index (κ1) is 50.4. The molecule has 0 radical (unpaired) electrons. The van der Waals surface area contributed by atoms with Gasteiger partial charge in [0.25, 0.3) is 0 Å². The molecule has 4 N–H and O–H groups in total. The van der Waals surface area contributed by atoms with Crippen LogP contribution in [0.1, 0.15) is 232 Å². The fraction of sp³-hybridized carbons (Fsp3) is 0.929. The van der Waals surface area contributed by atoms with Crippen LogP contribution >= 0.6 is 0 Å². The van der Waals surface area contributed by atoms with Crippen molar-refractivity contribution in [2.24, 2.45) is 0 Å².